The van der Waals surface area contributed by atoms with Gasteiger partial charge in [-0.3, -0.25) is 9.69 Å². The Labute approximate surface area is 137 Å². The van der Waals surface area contributed by atoms with Crippen LogP contribution in [0.25, 0.3) is 0 Å². The summed E-state index contributed by atoms with van der Waals surface area (Å²) in [4.78, 5) is 14.6. The number of nitrogens with zero attached hydrogens (tertiary/aromatic N) is 1. The highest BCUT2D eigenvalue weighted by Gasteiger charge is 2.46. The number of rotatable bonds is 5. The number of carbonyl (C=O) groups excluding carboxylic acids is 1. The molecule has 1 amide bonds. The van der Waals surface area contributed by atoms with E-state index in [9.17, 15) is 4.79 Å². The van der Waals surface area contributed by atoms with Gasteiger partial charge in [-0.25, -0.2) is 0 Å². The third-order valence-corrected chi connectivity index (χ3v) is 4.33. The van der Waals surface area contributed by atoms with Gasteiger partial charge in [0.05, 0.1) is 5.60 Å². The lowest BCUT2D eigenvalue weighted by Gasteiger charge is -2.49. The molecule has 0 radical (unpaired) electrons. The van der Waals surface area contributed by atoms with Crippen LogP contribution in [0.4, 0.5) is 0 Å². The van der Waals surface area contributed by atoms with E-state index in [-0.39, 0.29) is 11.5 Å². The summed E-state index contributed by atoms with van der Waals surface area (Å²) in [5.41, 5.74) is 0.367. The van der Waals surface area contributed by atoms with Crippen LogP contribution < -0.4 is 5.32 Å². The van der Waals surface area contributed by atoms with E-state index < -0.39 is 5.54 Å². The molecule has 122 valence electrons. The van der Waals surface area contributed by atoms with Gasteiger partial charge in [-0.1, -0.05) is 23.7 Å². The highest BCUT2D eigenvalue weighted by molar-refractivity contribution is 6.30. The van der Waals surface area contributed by atoms with Crippen molar-refractivity contribution in [3.05, 3.63) is 34.9 Å². The minimum absolute atomic E-state index is 0.0474. The minimum Gasteiger partial charge on any atom is -0.360 e. The summed E-state index contributed by atoms with van der Waals surface area (Å²) in [6.07, 6.45) is 0.854. The molecule has 1 aromatic rings. The van der Waals surface area contributed by atoms with Crippen LogP contribution in [-0.2, 0) is 16.1 Å². The highest BCUT2D eigenvalue weighted by atomic mass is 35.5. The Morgan fingerprint density at radius 3 is 2.50 bits per heavy atom. The lowest BCUT2D eigenvalue weighted by atomic mass is 9.86. The van der Waals surface area contributed by atoms with Crippen molar-refractivity contribution in [2.75, 3.05) is 13.3 Å². The van der Waals surface area contributed by atoms with Crippen LogP contribution in [0.15, 0.2) is 24.3 Å². The Morgan fingerprint density at radius 1 is 1.36 bits per heavy atom. The van der Waals surface area contributed by atoms with Crippen molar-refractivity contribution in [2.45, 2.75) is 51.8 Å². The van der Waals surface area contributed by atoms with Gasteiger partial charge in [0.25, 0.3) is 0 Å². The van der Waals surface area contributed by atoms with Crippen LogP contribution in [0.5, 0.6) is 0 Å². The molecule has 0 bridgehead atoms. The molecule has 1 heterocycles. The number of amides is 1. The van der Waals surface area contributed by atoms with E-state index in [0.29, 0.717) is 18.3 Å². The SMILES string of the molecule is CC(C)(C)OCN1CCC1(C)C(=O)NCc1ccc(Cl)cc1. The number of halogens is 1. The summed E-state index contributed by atoms with van der Waals surface area (Å²) >= 11 is 5.86. The van der Waals surface area contributed by atoms with Gasteiger partial charge in [0.1, 0.15) is 12.3 Å². The van der Waals surface area contributed by atoms with Crippen LogP contribution >= 0.6 is 11.6 Å². The van der Waals surface area contributed by atoms with Gasteiger partial charge >= 0.3 is 0 Å². The second-order valence-corrected chi connectivity index (χ2v) is 7.42. The number of carbonyl (C=O) groups is 1. The molecular weight excluding hydrogens is 300 g/mol. The zero-order chi connectivity index (χ0) is 16.4. The first-order valence-corrected chi connectivity index (χ1v) is 8.00. The summed E-state index contributed by atoms with van der Waals surface area (Å²) in [6, 6.07) is 7.51. The minimum atomic E-state index is -0.475. The first-order valence-electron chi connectivity index (χ1n) is 7.62. The van der Waals surface area contributed by atoms with E-state index in [0.717, 1.165) is 18.5 Å². The molecule has 1 saturated heterocycles. The first-order chi connectivity index (χ1) is 10.2. The van der Waals surface area contributed by atoms with Crippen molar-refractivity contribution in [1.82, 2.24) is 10.2 Å². The Morgan fingerprint density at radius 2 is 2.00 bits per heavy atom. The van der Waals surface area contributed by atoms with Crippen molar-refractivity contribution < 1.29 is 9.53 Å². The fourth-order valence-electron chi connectivity index (χ4n) is 2.32. The molecule has 0 aliphatic carbocycles. The lowest BCUT2D eigenvalue weighted by molar-refractivity contribution is -0.161. The van der Waals surface area contributed by atoms with Crippen LogP contribution in [0.3, 0.4) is 0 Å². The molecule has 22 heavy (non-hydrogen) atoms. The zero-order valence-electron chi connectivity index (χ0n) is 13.8. The number of likely N-dealkylation sites (tertiary alicyclic amines) is 1. The van der Waals surface area contributed by atoms with Gasteiger partial charge in [0, 0.05) is 18.1 Å². The van der Waals surface area contributed by atoms with Gasteiger partial charge in [-0.15, -0.1) is 0 Å². The molecule has 1 fully saturated rings. The number of hydrogen-bond acceptors (Lipinski definition) is 3. The van der Waals surface area contributed by atoms with Crippen molar-refractivity contribution >= 4 is 17.5 Å². The molecule has 1 aliphatic heterocycles. The first kappa shape index (κ1) is 17.3. The van der Waals surface area contributed by atoms with E-state index in [1.807, 2.05) is 52.0 Å². The van der Waals surface area contributed by atoms with Crippen molar-refractivity contribution in [3.8, 4) is 0 Å². The fraction of sp³-hybridized carbons (Fsp3) is 0.588. The van der Waals surface area contributed by atoms with Crippen LogP contribution in [0, 0.1) is 0 Å². The summed E-state index contributed by atoms with van der Waals surface area (Å²) in [6.45, 7) is 9.91. The molecule has 1 aliphatic rings. The monoisotopic (exact) mass is 324 g/mol. The number of benzene rings is 1. The molecule has 1 N–H and O–H groups in total. The lowest BCUT2D eigenvalue weighted by Crippen LogP contribution is -2.66. The molecule has 0 spiro atoms. The summed E-state index contributed by atoms with van der Waals surface area (Å²) < 4.78 is 5.79. The van der Waals surface area contributed by atoms with Gasteiger partial charge in [0.15, 0.2) is 0 Å². The van der Waals surface area contributed by atoms with Gasteiger partial charge in [-0.2, -0.15) is 0 Å². The largest absolute Gasteiger partial charge is 0.360 e. The molecule has 1 atom stereocenters. The maximum Gasteiger partial charge on any atom is 0.240 e. The maximum atomic E-state index is 12.5. The Kier molecular flexibility index (Phi) is 5.15. The third-order valence-electron chi connectivity index (χ3n) is 4.08. The molecule has 4 nitrogen and oxygen atoms in total. The summed E-state index contributed by atoms with van der Waals surface area (Å²) in [5.74, 6) is 0.0474. The fourth-order valence-corrected chi connectivity index (χ4v) is 2.44. The molecule has 5 heteroatoms. The summed E-state index contributed by atoms with van der Waals surface area (Å²) in [5, 5.41) is 3.71. The maximum absolute atomic E-state index is 12.5. The number of nitrogens with one attached hydrogen (secondary N) is 1. The molecule has 2 rings (SSSR count). The average molecular weight is 325 g/mol. The van der Waals surface area contributed by atoms with E-state index >= 15 is 0 Å². The second-order valence-electron chi connectivity index (χ2n) is 6.98. The van der Waals surface area contributed by atoms with Crippen molar-refractivity contribution in [3.63, 3.8) is 0 Å². The quantitative estimate of drug-likeness (QED) is 0.904. The van der Waals surface area contributed by atoms with Crippen LogP contribution in [-0.4, -0.2) is 35.2 Å². The molecular formula is C17H25ClN2O2. The second kappa shape index (κ2) is 6.57. The van der Waals surface area contributed by atoms with E-state index in [4.69, 9.17) is 16.3 Å². The normalized spacial score (nSPS) is 22.2. The number of ether oxygens (including phenoxy) is 1. The van der Waals surface area contributed by atoms with Crippen LogP contribution in [0.1, 0.15) is 39.7 Å². The summed E-state index contributed by atoms with van der Waals surface area (Å²) in [7, 11) is 0. The standard InChI is InChI=1S/C17H25ClN2O2/c1-16(2,3)22-12-20-10-9-17(20,4)15(21)19-11-13-5-7-14(18)8-6-13/h5-8H,9-12H2,1-4H3,(H,19,21). The molecule has 0 aromatic heterocycles. The van der Waals surface area contributed by atoms with Crippen molar-refractivity contribution in [2.24, 2.45) is 0 Å². The predicted molar refractivity (Wildman–Crippen MR) is 88.7 cm³/mol. The molecule has 1 aromatic carbocycles. The predicted octanol–water partition coefficient (Wildman–Crippen LogP) is 3.19. The van der Waals surface area contributed by atoms with Gasteiger partial charge < -0.3 is 10.1 Å². The number of hydrogen-bond donors (Lipinski definition) is 1. The van der Waals surface area contributed by atoms with Gasteiger partial charge in [0.2, 0.25) is 5.91 Å². The third kappa shape index (κ3) is 4.22. The molecule has 0 saturated carbocycles. The Balaban J connectivity index is 1.87. The topological polar surface area (TPSA) is 41.6 Å². The van der Waals surface area contributed by atoms with E-state index in [2.05, 4.69) is 10.2 Å². The Bertz CT molecular complexity index is 524. The zero-order valence-corrected chi connectivity index (χ0v) is 14.5. The smallest absolute Gasteiger partial charge is 0.240 e. The van der Waals surface area contributed by atoms with E-state index in [1.165, 1.54) is 0 Å². The van der Waals surface area contributed by atoms with Gasteiger partial charge in [-0.05, 0) is 51.8 Å². The highest BCUT2D eigenvalue weighted by Crippen LogP contribution is 2.31. The Hall–Kier alpha value is -1.10. The van der Waals surface area contributed by atoms with Crippen LogP contribution in [0.2, 0.25) is 5.02 Å². The van der Waals surface area contributed by atoms with E-state index in [1.54, 1.807) is 0 Å². The molecule has 1 unspecified atom stereocenters. The average Bonchev–Trinajstić information content (AvgIpc) is 2.43. The van der Waals surface area contributed by atoms with Crippen molar-refractivity contribution in [1.29, 1.82) is 0 Å².